The molecule has 1 aromatic rings. The molecule has 0 aromatic heterocycles. The van der Waals surface area contributed by atoms with Crippen LogP contribution in [0.25, 0.3) is 0 Å². The van der Waals surface area contributed by atoms with Crippen LogP contribution in [-0.2, 0) is 0 Å². The molecule has 0 bridgehead atoms. The minimum Gasteiger partial charge on any atom is -0.505 e. The summed E-state index contributed by atoms with van der Waals surface area (Å²) in [6.45, 7) is 0.169. The first-order chi connectivity index (χ1) is 7.47. The fourth-order valence-electron chi connectivity index (χ4n) is 1.35. The molecular weight excluding hydrogens is 237 g/mol. The lowest BCUT2D eigenvalue weighted by Gasteiger charge is -2.18. The summed E-state index contributed by atoms with van der Waals surface area (Å²) in [7, 11) is 0. The van der Waals surface area contributed by atoms with Crippen molar-refractivity contribution in [2.75, 3.05) is 6.54 Å². The van der Waals surface area contributed by atoms with Crippen molar-refractivity contribution in [1.29, 1.82) is 0 Å². The van der Waals surface area contributed by atoms with Gasteiger partial charge in [-0.2, -0.15) is 0 Å². The third-order valence-electron chi connectivity index (χ3n) is 2.20. The van der Waals surface area contributed by atoms with E-state index in [-0.39, 0.29) is 23.6 Å². The van der Waals surface area contributed by atoms with E-state index < -0.39 is 23.8 Å². The molecule has 0 saturated carbocycles. The molecule has 0 heterocycles. The van der Waals surface area contributed by atoms with Crippen LogP contribution in [0.3, 0.4) is 0 Å². The van der Waals surface area contributed by atoms with Crippen molar-refractivity contribution >= 4 is 11.6 Å². The van der Waals surface area contributed by atoms with Crippen LogP contribution in [-0.4, -0.2) is 28.0 Å². The van der Waals surface area contributed by atoms with Crippen molar-refractivity contribution in [3.63, 3.8) is 0 Å². The lowest BCUT2D eigenvalue weighted by atomic mass is 10.0. The maximum Gasteiger partial charge on any atom is 0.166 e. The van der Waals surface area contributed by atoms with Gasteiger partial charge in [0.15, 0.2) is 11.6 Å². The van der Waals surface area contributed by atoms with E-state index in [1.807, 2.05) is 0 Å². The van der Waals surface area contributed by atoms with E-state index in [1.165, 1.54) is 6.07 Å². The van der Waals surface area contributed by atoms with Crippen molar-refractivity contribution in [2.24, 2.45) is 5.73 Å². The van der Waals surface area contributed by atoms with Gasteiger partial charge in [0.05, 0.1) is 6.10 Å². The van der Waals surface area contributed by atoms with Gasteiger partial charge in [-0.15, -0.1) is 0 Å². The summed E-state index contributed by atoms with van der Waals surface area (Å²) in [6.07, 6.45) is -2.46. The van der Waals surface area contributed by atoms with Gasteiger partial charge < -0.3 is 21.1 Å². The quantitative estimate of drug-likeness (QED) is 0.639. The van der Waals surface area contributed by atoms with Crippen LogP contribution in [0, 0.1) is 5.82 Å². The monoisotopic (exact) mass is 249 g/mol. The van der Waals surface area contributed by atoms with Crippen molar-refractivity contribution in [1.82, 2.24) is 0 Å². The van der Waals surface area contributed by atoms with E-state index >= 15 is 0 Å². The molecule has 4 nitrogen and oxygen atoms in total. The predicted octanol–water partition coefficient (Wildman–Crippen LogP) is 0.928. The van der Waals surface area contributed by atoms with Crippen LogP contribution in [0.5, 0.6) is 5.75 Å². The van der Waals surface area contributed by atoms with Gasteiger partial charge in [-0.1, -0.05) is 11.6 Å². The SMILES string of the molecule is NCCC(O)C(O)c1cc(Cl)cc(F)c1O. The molecule has 6 heteroatoms. The standard InChI is InChI=1S/C10H13ClFNO3/c11-5-3-6(9(15)7(12)4-5)10(16)8(14)1-2-13/h3-4,8,10,14-16H,1-2,13H2. The zero-order chi connectivity index (χ0) is 12.3. The molecular formula is C10H13ClFNO3. The van der Waals surface area contributed by atoms with E-state index in [1.54, 1.807) is 0 Å². The molecule has 0 aliphatic rings. The smallest absolute Gasteiger partial charge is 0.166 e. The summed E-state index contributed by atoms with van der Waals surface area (Å²) >= 11 is 5.58. The fourth-order valence-corrected chi connectivity index (χ4v) is 1.56. The maximum atomic E-state index is 13.1. The number of phenols is 1. The first-order valence-corrected chi connectivity index (χ1v) is 5.09. The third-order valence-corrected chi connectivity index (χ3v) is 2.42. The number of benzene rings is 1. The second-order valence-corrected chi connectivity index (χ2v) is 3.85. The van der Waals surface area contributed by atoms with E-state index in [4.69, 9.17) is 17.3 Å². The highest BCUT2D eigenvalue weighted by Crippen LogP contribution is 2.32. The Morgan fingerprint density at radius 3 is 2.56 bits per heavy atom. The van der Waals surface area contributed by atoms with Gasteiger partial charge in [0, 0.05) is 10.6 Å². The van der Waals surface area contributed by atoms with Gasteiger partial charge >= 0.3 is 0 Å². The number of aliphatic hydroxyl groups is 2. The lowest BCUT2D eigenvalue weighted by molar-refractivity contribution is 0.0134. The Kier molecular flexibility index (Phi) is 4.49. The van der Waals surface area contributed by atoms with Crippen LogP contribution < -0.4 is 5.73 Å². The predicted molar refractivity (Wildman–Crippen MR) is 57.7 cm³/mol. The topological polar surface area (TPSA) is 86.7 Å². The number of aromatic hydroxyl groups is 1. The van der Waals surface area contributed by atoms with Crippen LogP contribution in [0.2, 0.25) is 5.02 Å². The minimum atomic E-state index is -1.42. The molecule has 0 fully saturated rings. The molecule has 1 rings (SSSR count). The Bertz CT molecular complexity index is 375. The number of hydrogen-bond donors (Lipinski definition) is 4. The lowest BCUT2D eigenvalue weighted by Crippen LogP contribution is -2.22. The fraction of sp³-hybridized carbons (Fsp3) is 0.400. The molecule has 0 radical (unpaired) electrons. The van der Waals surface area contributed by atoms with Crippen molar-refractivity contribution in [3.05, 3.63) is 28.5 Å². The minimum absolute atomic E-state index is 0.0318. The van der Waals surface area contributed by atoms with Crippen molar-refractivity contribution < 1.29 is 19.7 Å². The van der Waals surface area contributed by atoms with Gasteiger partial charge in [-0.3, -0.25) is 0 Å². The molecule has 90 valence electrons. The number of phenolic OH excluding ortho intramolecular Hbond substituents is 1. The number of nitrogens with two attached hydrogens (primary N) is 1. The van der Waals surface area contributed by atoms with Crippen LogP contribution in [0.1, 0.15) is 18.1 Å². The van der Waals surface area contributed by atoms with Gasteiger partial charge in [-0.05, 0) is 25.1 Å². The van der Waals surface area contributed by atoms with E-state index in [9.17, 15) is 19.7 Å². The molecule has 5 N–H and O–H groups in total. The second-order valence-electron chi connectivity index (χ2n) is 3.41. The highest BCUT2D eigenvalue weighted by Gasteiger charge is 2.23. The first-order valence-electron chi connectivity index (χ1n) is 4.71. The summed E-state index contributed by atoms with van der Waals surface area (Å²) in [6, 6.07) is 2.12. The van der Waals surface area contributed by atoms with Crippen molar-refractivity contribution in [2.45, 2.75) is 18.6 Å². The Hall–Kier alpha value is -0.880. The molecule has 2 atom stereocenters. The third kappa shape index (κ3) is 2.82. The molecule has 0 saturated heterocycles. The van der Waals surface area contributed by atoms with Crippen LogP contribution in [0.4, 0.5) is 4.39 Å². The second kappa shape index (κ2) is 5.45. The van der Waals surface area contributed by atoms with Gasteiger partial charge in [0.25, 0.3) is 0 Å². The zero-order valence-corrected chi connectivity index (χ0v) is 9.15. The summed E-state index contributed by atoms with van der Waals surface area (Å²) in [4.78, 5) is 0. The molecule has 0 aliphatic heterocycles. The van der Waals surface area contributed by atoms with Gasteiger partial charge in [0.2, 0.25) is 0 Å². The summed E-state index contributed by atoms with van der Waals surface area (Å²) in [5.41, 5.74) is 5.06. The summed E-state index contributed by atoms with van der Waals surface area (Å²) in [5.74, 6) is -1.66. The molecule has 1 aromatic carbocycles. The Morgan fingerprint density at radius 2 is 2.00 bits per heavy atom. The Balaban J connectivity index is 3.03. The van der Waals surface area contributed by atoms with Crippen LogP contribution >= 0.6 is 11.6 Å². The highest BCUT2D eigenvalue weighted by molar-refractivity contribution is 6.30. The van der Waals surface area contributed by atoms with Gasteiger partial charge in [0.1, 0.15) is 6.10 Å². The molecule has 2 unspecified atom stereocenters. The number of aliphatic hydroxyl groups excluding tert-OH is 2. The van der Waals surface area contributed by atoms with Gasteiger partial charge in [-0.25, -0.2) is 4.39 Å². The zero-order valence-electron chi connectivity index (χ0n) is 8.40. The van der Waals surface area contributed by atoms with E-state index in [0.717, 1.165) is 6.07 Å². The number of hydrogen-bond acceptors (Lipinski definition) is 4. The number of rotatable bonds is 4. The molecule has 16 heavy (non-hydrogen) atoms. The molecule has 0 spiro atoms. The average molecular weight is 250 g/mol. The molecule has 0 amide bonds. The molecule has 0 aliphatic carbocycles. The Morgan fingerprint density at radius 1 is 1.38 bits per heavy atom. The largest absolute Gasteiger partial charge is 0.505 e. The maximum absolute atomic E-state index is 13.1. The Labute approximate surface area is 97.1 Å². The normalized spacial score (nSPS) is 14.8. The first kappa shape index (κ1) is 13.2. The van der Waals surface area contributed by atoms with Crippen LogP contribution in [0.15, 0.2) is 12.1 Å². The average Bonchev–Trinajstić information content (AvgIpc) is 2.22. The number of halogens is 2. The summed E-state index contributed by atoms with van der Waals surface area (Å²) in [5, 5.41) is 28.5. The van der Waals surface area contributed by atoms with E-state index in [0.29, 0.717) is 0 Å². The summed E-state index contributed by atoms with van der Waals surface area (Å²) < 4.78 is 13.1. The van der Waals surface area contributed by atoms with E-state index in [2.05, 4.69) is 0 Å². The van der Waals surface area contributed by atoms with Crippen molar-refractivity contribution in [3.8, 4) is 5.75 Å². The highest BCUT2D eigenvalue weighted by atomic mass is 35.5.